The van der Waals surface area contributed by atoms with Crippen LogP contribution in [0.2, 0.25) is 0 Å². The van der Waals surface area contributed by atoms with Gasteiger partial charge in [-0.15, -0.1) is 0 Å². The summed E-state index contributed by atoms with van der Waals surface area (Å²) in [5.41, 5.74) is 1.15. The number of methoxy groups -OCH3 is 1. The molecule has 0 spiro atoms. The minimum Gasteiger partial charge on any atom is -0.497 e. The van der Waals surface area contributed by atoms with Crippen LogP contribution in [0.25, 0.3) is 0 Å². The molecule has 0 N–H and O–H groups in total. The van der Waals surface area contributed by atoms with Gasteiger partial charge in [-0.25, -0.2) is 0 Å². The summed E-state index contributed by atoms with van der Waals surface area (Å²) in [4.78, 5) is 0. The fourth-order valence-corrected chi connectivity index (χ4v) is 0.624. The summed E-state index contributed by atoms with van der Waals surface area (Å²) in [5, 5.41) is 0. The molecule has 10 heavy (non-hydrogen) atoms. The van der Waals surface area contributed by atoms with E-state index in [0.717, 1.165) is 5.57 Å². The van der Waals surface area contributed by atoms with Crippen molar-refractivity contribution in [2.75, 3.05) is 7.11 Å². The van der Waals surface area contributed by atoms with Gasteiger partial charge in [0.25, 0.3) is 0 Å². The van der Waals surface area contributed by atoms with Gasteiger partial charge in [-0.3, -0.25) is 0 Å². The van der Waals surface area contributed by atoms with E-state index in [2.05, 4.69) is 6.58 Å². The molecule has 0 heterocycles. The van der Waals surface area contributed by atoms with Gasteiger partial charge in [-0.2, -0.15) is 0 Å². The van der Waals surface area contributed by atoms with Crippen molar-refractivity contribution in [2.45, 2.75) is 13.8 Å². The molecule has 0 aliphatic heterocycles. The van der Waals surface area contributed by atoms with E-state index in [0.29, 0.717) is 5.76 Å². The maximum absolute atomic E-state index is 4.86. The lowest BCUT2D eigenvalue weighted by Crippen LogP contribution is -1.78. The molecule has 0 rings (SSSR count). The van der Waals surface area contributed by atoms with Gasteiger partial charge < -0.3 is 4.74 Å². The van der Waals surface area contributed by atoms with Gasteiger partial charge in [-0.1, -0.05) is 18.7 Å². The molecule has 0 atom stereocenters. The van der Waals surface area contributed by atoms with Crippen molar-refractivity contribution in [1.82, 2.24) is 0 Å². The van der Waals surface area contributed by atoms with E-state index in [9.17, 15) is 0 Å². The highest BCUT2D eigenvalue weighted by Crippen LogP contribution is 2.01. The zero-order valence-corrected chi connectivity index (χ0v) is 6.85. The van der Waals surface area contributed by atoms with Crippen LogP contribution in [-0.2, 0) is 4.74 Å². The van der Waals surface area contributed by atoms with Crippen molar-refractivity contribution in [3.63, 3.8) is 0 Å². The van der Waals surface area contributed by atoms with E-state index >= 15 is 0 Å². The SMILES string of the molecule is C=C(/C=C(C)\C=C/C)OC. The topological polar surface area (TPSA) is 9.23 Å². The Morgan fingerprint density at radius 3 is 2.50 bits per heavy atom. The van der Waals surface area contributed by atoms with Gasteiger partial charge in [0.2, 0.25) is 0 Å². The molecule has 0 aromatic heterocycles. The minimum absolute atomic E-state index is 0.690. The first-order valence-electron chi connectivity index (χ1n) is 3.24. The van der Waals surface area contributed by atoms with Gasteiger partial charge in [0.05, 0.1) is 7.11 Å². The molecule has 0 aliphatic carbocycles. The van der Waals surface area contributed by atoms with Crippen molar-refractivity contribution in [3.05, 3.63) is 36.1 Å². The molecule has 0 aliphatic rings. The van der Waals surface area contributed by atoms with Crippen LogP contribution in [0, 0.1) is 0 Å². The van der Waals surface area contributed by atoms with Crippen LogP contribution in [0.3, 0.4) is 0 Å². The molecule has 0 bridgehead atoms. The van der Waals surface area contributed by atoms with Crippen molar-refractivity contribution in [3.8, 4) is 0 Å². The minimum atomic E-state index is 0.690. The van der Waals surface area contributed by atoms with Crippen molar-refractivity contribution in [2.24, 2.45) is 0 Å². The normalized spacial score (nSPS) is 12.1. The Labute approximate surface area is 62.7 Å². The highest BCUT2D eigenvalue weighted by Gasteiger charge is 1.84. The largest absolute Gasteiger partial charge is 0.497 e. The molecular weight excluding hydrogens is 124 g/mol. The van der Waals surface area contributed by atoms with Crippen molar-refractivity contribution in [1.29, 1.82) is 0 Å². The molecule has 0 aromatic carbocycles. The van der Waals surface area contributed by atoms with E-state index in [1.165, 1.54) is 0 Å². The third-order valence-corrected chi connectivity index (χ3v) is 1.08. The first-order valence-corrected chi connectivity index (χ1v) is 3.24. The Balaban J connectivity index is 4.02. The van der Waals surface area contributed by atoms with Gasteiger partial charge in [-0.05, 0) is 25.5 Å². The van der Waals surface area contributed by atoms with Crippen LogP contribution >= 0.6 is 0 Å². The lowest BCUT2D eigenvalue weighted by molar-refractivity contribution is 0.308. The third-order valence-electron chi connectivity index (χ3n) is 1.08. The molecule has 0 amide bonds. The molecule has 1 heteroatoms. The summed E-state index contributed by atoms with van der Waals surface area (Å²) in [6.07, 6.45) is 5.87. The van der Waals surface area contributed by atoms with E-state index in [4.69, 9.17) is 4.74 Å². The smallest absolute Gasteiger partial charge is 0.111 e. The lowest BCUT2D eigenvalue weighted by atomic mass is 10.2. The fourth-order valence-electron chi connectivity index (χ4n) is 0.624. The second-order valence-electron chi connectivity index (χ2n) is 2.06. The molecule has 0 fully saturated rings. The quantitative estimate of drug-likeness (QED) is 0.430. The average molecular weight is 138 g/mol. The van der Waals surface area contributed by atoms with E-state index in [1.54, 1.807) is 7.11 Å². The number of hydrogen-bond donors (Lipinski definition) is 0. The van der Waals surface area contributed by atoms with E-state index in [-0.39, 0.29) is 0 Å². The molecule has 56 valence electrons. The summed E-state index contributed by atoms with van der Waals surface area (Å²) < 4.78 is 4.86. The van der Waals surface area contributed by atoms with Crippen LogP contribution in [-0.4, -0.2) is 7.11 Å². The van der Waals surface area contributed by atoms with Crippen LogP contribution in [0.4, 0.5) is 0 Å². The van der Waals surface area contributed by atoms with Crippen LogP contribution < -0.4 is 0 Å². The Hall–Kier alpha value is -0.980. The summed E-state index contributed by atoms with van der Waals surface area (Å²) in [6, 6.07) is 0. The monoisotopic (exact) mass is 138 g/mol. The molecule has 0 unspecified atom stereocenters. The summed E-state index contributed by atoms with van der Waals surface area (Å²) in [7, 11) is 1.61. The van der Waals surface area contributed by atoms with E-state index < -0.39 is 0 Å². The van der Waals surface area contributed by atoms with Gasteiger partial charge in [0, 0.05) is 0 Å². The van der Waals surface area contributed by atoms with E-state index in [1.807, 2.05) is 32.1 Å². The number of rotatable bonds is 3. The predicted molar refractivity (Wildman–Crippen MR) is 44.7 cm³/mol. The zero-order chi connectivity index (χ0) is 7.98. The number of ether oxygens (including phenoxy) is 1. The second kappa shape index (κ2) is 4.86. The lowest BCUT2D eigenvalue weighted by Gasteiger charge is -1.96. The fraction of sp³-hybridized carbons (Fsp3) is 0.333. The molecule has 0 saturated carbocycles. The first kappa shape index (κ1) is 9.02. The number of allylic oxidation sites excluding steroid dienone is 4. The molecule has 1 nitrogen and oxygen atoms in total. The average Bonchev–Trinajstić information content (AvgIpc) is 1.88. The van der Waals surface area contributed by atoms with Crippen LogP contribution in [0.15, 0.2) is 36.1 Å². The molecule has 0 radical (unpaired) electrons. The Bertz CT molecular complexity index is 164. The summed E-state index contributed by atoms with van der Waals surface area (Å²) in [5.74, 6) is 0.690. The van der Waals surface area contributed by atoms with Crippen molar-refractivity contribution >= 4 is 0 Å². The van der Waals surface area contributed by atoms with Crippen molar-refractivity contribution < 1.29 is 4.74 Å². The maximum atomic E-state index is 4.86. The third kappa shape index (κ3) is 3.96. The first-order chi connectivity index (χ1) is 4.70. The summed E-state index contributed by atoms with van der Waals surface area (Å²) in [6.45, 7) is 7.65. The molecule has 0 saturated heterocycles. The standard InChI is InChI=1S/C9H14O/c1-5-6-8(2)7-9(3)10-4/h5-7H,3H2,1-2,4H3/b6-5-,8-7-. The predicted octanol–water partition coefficient (Wildman–Crippen LogP) is 2.67. The van der Waals surface area contributed by atoms with Gasteiger partial charge in [0.15, 0.2) is 0 Å². The van der Waals surface area contributed by atoms with Gasteiger partial charge in [0.1, 0.15) is 5.76 Å². The van der Waals surface area contributed by atoms with Crippen LogP contribution in [0.1, 0.15) is 13.8 Å². The second-order valence-corrected chi connectivity index (χ2v) is 2.06. The Morgan fingerprint density at radius 2 is 2.10 bits per heavy atom. The zero-order valence-electron chi connectivity index (χ0n) is 6.85. The van der Waals surface area contributed by atoms with Gasteiger partial charge >= 0.3 is 0 Å². The molecular formula is C9H14O. The Kier molecular flexibility index (Phi) is 4.38. The Morgan fingerprint density at radius 1 is 1.50 bits per heavy atom. The highest BCUT2D eigenvalue weighted by atomic mass is 16.5. The summed E-state index contributed by atoms with van der Waals surface area (Å²) >= 11 is 0. The van der Waals surface area contributed by atoms with Crippen LogP contribution in [0.5, 0.6) is 0 Å². The maximum Gasteiger partial charge on any atom is 0.111 e. The number of hydrogen-bond acceptors (Lipinski definition) is 1. The molecule has 0 aromatic rings. The highest BCUT2D eigenvalue weighted by molar-refractivity contribution is 5.23.